The molecule has 1 saturated heterocycles. The third-order valence-electron chi connectivity index (χ3n) is 4.95. The average Bonchev–Trinajstić information content (AvgIpc) is 3.07. The number of nitriles is 1. The van der Waals surface area contributed by atoms with Crippen molar-refractivity contribution < 1.29 is 23.9 Å². The topological polar surface area (TPSA) is 109 Å². The maximum Gasteiger partial charge on any atom is 0.410 e. The molecule has 8 nitrogen and oxygen atoms in total. The molecule has 1 saturated carbocycles. The number of carbonyl (C=O) groups is 3. The summed E-state index contributed by atoms with van der Waals surface area (Å²) in [6.45, 7) is 3.19. The number of rotatable bonds is 5. The van der Waals surface area contributed by atoms with E-state index in [1.807, 2.05) is 0 Å². The molecule has 2 rings (SSSR count). The van der Waals surface area contributed by atoms with Crippen LogP contribution in [0.1, 0.15) is 58.8 Å². The Kier molecular flexibility index (Phi) is 7.25. The normalized spacial score (nSPS) is 22.8. The van der Waals surface area contributed by atoms with Gasteiger partial charge in [0, 0.05) is 20.4 Å². The fraction of sp³-hybridized carbons (Fsp3) is 0.778. The van der Waals surface area contributed by atoms with E-state index >= 15 is 0 Å². The highest BCUT2D eigenvalue weighted by Gasteiger charge is 2.38. The lowest BCUT2D eigenvalue weighted by Gasteiger charge is -2.33. The zero-order valence-electron chi connectivity index (χ0n) is 15.4. The van der Waals surface area contributed by atoms with Gasteiger partial charge >= 0.3 is 12.1 Å². The summed E-state index contributed by atoms with van der Waals surface area (Å²) < 4.78 is 9.80. The Morgan fingerprint density at radius 2 is 1.81 bits per heavy atom. The first-order valence-electron chi connectivity index (χ1n) is 9.27. The molecule has 0 aromatic rings. The third kappa shape index (κ3) is 5.35. The first-order chi connectivity index (χ1) is 12.4. The number of likely N-dealkylation sites (tertiary alicyclic amines) is 1. The zero-order chi connectivity index (χ0) is 19.1. The highest BCUT2D eigenvalue weighted by Crippen LogP contribution is 2.29. The number of ether oxygens (including phenoxy) is 2. The standard InChI is InChI=1S/C18H27N3O5/c1-12(22)25-13(2)26-18(24)20-16(14-7-4-3-5-8-14)17(23)21-10-6-9-15(21)11-19/h13-16H,3-10H2,1-2H3,(H,20,24)/t13-,15-,16-/m0/s1. The Labute approximate surface area is 153 Å². The van der Waals surface area contributed by atoms with Crippen LogP contribution in [-0.4, -0.2) is 47.8 Å². The van der Waals surface area contributed by atoms with Gasteiger partial charge in [-0.25, -0.2) is 4.79 Å². The summed E-state index contributed by atoms with van der Waals surface area (Å²) in [5.74, 6) is -0.759. The molecule has 1 heterocycles. The van der Waals surface area contributed by atoms with E-state index in [2.05, 4.69) is 11.4 Å². The molecule has 0 spiro atoms. The molecule has 2 aliphatic rings. The minimum absolute atomic E-state index is 0.0211. The molecule has 2 amide bonds. The summed E-state index contributed by atoms with van der Waals surface area (Å²) in [7, 11) is 0. The molecule has 0 radical (unpaired) electrons. The molecule has 0 unspecified atom stereocenters. The monoisotopic (exact) mass is 365 g/mol. The van der Waals surface area contributed by atoms with E-state index < -0.39 is 30.4 Å². The van der Waals surface area contributed by atoms with Crippen molar-refractivity contribution in [1.29, 1.82) is 5.26 Å². The molecule has 0 aromatic carbocycles. The molecule has 1 N–H and O–H groups in total. The fourth-order valence-corrected chi connectivity index (χ4v) is 3.76. The summed E-state index contributed by atoms with van der Waals surface area (Å²) in [6, 6.07) is 1.00. The van der Waals surface area contributed by atoms with Gasteiger partial charge < -0.3 is 19.7 Å². The molecule has 1 aliphatic heterocycles. The van der Waals surface area contributed by atoms with Crippen molar-refractivity contribution in [1.82, 2.24) is 10.2 Å². The molecule has 2 fully saturated rings. The van der Waals surface area contributed by atoms with Gasteiger partial charge in [0.1, 0.15) is 12.1 Å². The van der Waals surface area contributed by atoms with Gasteiger partial charge in [-0.05, 0) is 31.6 Å². The van der Waals surface area contributed by atoms with Gasteiger partial charge in [0.15, 0.2) is 0 Å². The number of amides is 2. The molecular formula is C18H27N3O5. The molecular weight excluding hydrogens is 338 g/mol. The minimum atomic E-state index is -1.03. The Balaban J connectivity index is 2.06. The summed E-state index contributed by atoms with van der Waals surface area (Å²) in [5, 5.41) is 11.9. The summed E-state index contributed by atoms with van der Waals surface area (Å²) in [4.78, 5) is 37.7. The number of hydrogen-bond donors (Lipinski definition) is 1. The predicted octanol–water partition coefficient (Wildman–Crippen LogP) is 2.09. The highest BCUT2D eigenvalue weighted by atomic mass is 16.7. The van der Waals surface area contributed by atoms with Crippen molar-refractivity contribution in [3.63, 3.8) is 0 Å². The maximum absolute atomic E-state index is 13.0. The van der Waals surface area contributed by atoms with E-state index in [1.165, 1.54) is 13.8 Å². The first kappa shape index (κ1) is 20.0. The Morgan fingerprint density at radius 3 is 2.42 bits per heavy atom. The van der Waals surface area contributed by atoms with Crippen LogP contribution in [-0.2, 0) is 19.1 Å². The lowest BCUT2D eigenvalue weighted by atomic mass is 9.83. The van der Waals surface area contributed by atoms with Crippen LogP contribution in [0.15, 0.2) is 0 Å². The van der Waals surface area contributed by atoms with Crippen molar-refractivity contribution in [3.05, 3.63) is 0 Å². The SMILES string of the molecule is CC(=O)O[C@H](C)OC(=O)N[C@H](C(=O)N1CCC[C@H]1C#N)C1CCCCC1. The van der Waals surface area contributed by atoms with Crippen LogP contribution in [0.3, 0.4) is 0 Å². The second-order valence-corrected chi connectivity index (χ2v) is 6.92. The fourth-order valence-electron chi connectivity index (χ4n) is 3.76. The number of alkyl carbamates (subject to hydrolysis) is 1. The van der Waals surface area contributed by atoms with E-state index in [0.29, 0.717) is 13.0 Å². The lowest BCUT2D eigenvalue weighted by molar-refractivity contribution is -0.162. The molecule has 0 aromatic heterocycles. The van der Waals surface area contributed by atoms with Gasteiger partial charge in [-0.15, -0.1) is 0 Å². The van der Waals surface area contributed by atoms with E-state index in [0.717, 1.165) is 38.5 Å². The number of hydrogen-bond acceptors (Lipinski definition) is 6. The van der Waals surface area contributed by atoms with Gasteiger partial charge in [-0.1, -0.05) is 19.3 Å². The summed E-state index contributed by atoms with van der Waals surface area (Å²) >= 11 is 0. The van der Waals surface area contributed by atoms with E-state index in [4.69, 9.17) is 9.47 Å². The van der Waals surface area contributed by atoms with E-state index in [-0.39, 0.29) is 11.8 Å². The van der Waals surface area contributed by atoms with Crippen molar-refractivity contribution in [2.75, 3.05) is 6.54 Å². The van der Waals surface area contributed by atoms with Crippen LogP contribution >= 0.6 is 0 Å². The number of nitrogens with one attached hydrogen (secondary N) is 1. The molecule has 26 heavy (non-hydrogen) atoms. The maximum atomic E-state index is 13.0. The average molecular weight is 365 g/mol. The van der Waals surface area contributed by atoms with Crippen LogP contribution in [0.25, 0.3) is 0 Å². The predicted molar refractivity (Wildman–Crippen MR) is 91.6 cm³/mol. The van der Waals surface area contributed by atoms with Gasteiger partial charge in [-0.3, -0.25) is 9.59 Å². The van der Waals surface area contributed by atoms with Gasteiger partial charge in [-0.2, -0.15) is 5.26 Å². The third-order valence-corrected chi connectivity index (χ3v) is 4.95. The first-order valence-corrected chi connectivity index (χ1v) is 9.27. The smallest absolute Gasteiger partial charge is 0.410 e. The second-order valence-electron chi connectivity index (χ2n) is 6.92. The number of carbonyl (C=O) groups excluding carboxylic acids is 3. The van der Waals surface area contributed by atoms with Crippen molar-refractivity contribution in [3.8, 4) is 6.07 Å². The van der Waals surface area contributed by atoms with Crippen LogP contribution in [0, 0.1) is 17.2 Å². The Bertz CT molecular complexity index is 568. The molecule has 1 aliphatic carbocycles. The number of esters is 1. The number of nitrogens with zero attached hydrogens (tertiary/aromatic N) is 2. The summed E-state index contributed by atoms with van der Waals surface area (Å²) in [5.41, 5.74) is 0. The van der Waals surface area contributed by atoms with Crippen molar-refractivity contribution in [2.45, 2.75) is 77.2 Å². The Morgan fingerprint density at radius 1 is 1.12 bits per heavy atom. The van der Waals surface area contributed by atoms with Crippen LogP contribution < -0.4 is 5.32 Å². The molecule has 0 bridgehead atoms. The van der Waals surface area contributed by atoms with Crippen molar-refractivity contribution >= 4 is 18.0 Å². The van der Waals surface area contributed by atoms with Crippen LogP contribution in [0.5, 0.6) is 0 Å². The second kappa shape index (κ2) is 9.41. The van der Waals surface area contributed by atoms with Gasteiger partial charge in [0.25, 0.3) is 0 Å². The molecule has 8 heteroatoms. The van der Waals surface area contributed by atoms with Gasteiger partial charge in [0.05, 0.1) is 6.07 Å². The van der Waals surface area contributed by atoms with Gasteiger partial charge in [0.2, 0.25) is 12.2 Å². The quantitative estimate of drug-likeness (QED) is 0.590. The zero-order valence-corrected chi connectivity index (χ0v) is 15.4. The largest absolute Gasteiger partial charge is 0.426 e. The lowest BCUT2D eigenvalue weighted by Crippen LogP contribution is -2.54. The van der Waals surface area contributed by atoms with E-state index in [1.54, 1.807) is 4.90 Å². The molecule has 3 atom stereocenters. The Hall–Kier alpha value is -2.30. The summed E-state index contributed by atoms with van der Waals surface area (Å²) in [6.07, 6.45) is 4.46. The highest BCUT2D eigenvalue weighted by molar-refractivity contribution is 5.86. The van der Waals surface area contributed by atoms with Crippen molar-refractivity contribution in [2.24, 2.45) is 5.92 Å². The van der Waals surface area contributed by atoms with E-state index in [9.17, 15) is 19.6 Å². The van der Waals surface area contributed by atoms with Crippen LogP contribution in [0.4, 0.5) is 4.79 Å². The minimum Gasteiger partial charge on any atom is -0.426 e. The molecule has 144 valence electrons. The van der Waals surface area contributed by atoms with Crippen LogP contribution in [0.2, 0.25) is 0 Å².